The van der Waals surface area contributed by atoms with Crippen LogP contribution in [0.15, 0.2) is 41.6 Å². The first-order chi connectivity index (χ1) is 14.3. The first kappa shape index (κ1) is 20.5. The largest absolute Gasteiger partial charge is 0.367 e. The number of fused-ring (bicyclic) bond motifs is 1. The monoisotopic (exact) mass is 430 g/mol. The molecule has 0 aliphatic heterocycles. The maximum atomic E-state index is 12.3. The lowest BCUT2D eigenvalue weighted by Crippen LogP contribution is -2.33. The van der Waals surface area contributed by atoms with E-state index in [0.29, 0.717) is 23.5 Å². The molecule has 0 bridgehead atoms. The standard InChI is InChI=1S/C19H26N8O2S/c1-26(2)30(28,29)16-9-7-15(8-10-16)24-18-11-17(25-19-21-12-22-27(18)19)23-14-5-3-13(20)4-6-14/h7-14,24H,3-6,20H2,1-2H3,(H,21,22,23,25)/t13-,14-. The molecule has 0 radical (unpaired) electrons. The number of nitrogens with one attached hydrogen (secondary N) is 2. The zero-order valence-corrected chi connectivity index (χ0v) is 17.8. The van der Waals surface area contributed by atoms with Crippen molar-refractivity contribution in [3.63, 3.8) is 0 Å². The molecule has 30 heavy (non-hydrogen) atoms. The molecule has 11 heteroatoms. The summed E-state index contributed by atoms with van der Waals surface area (Å²) in [5.41, 5.74) is 6.73. The Labute approximate surface area is 175 Å². The molecule has 2 aromatic heterocycles. The van der Waals surface area contributed by atoms with Gasteiger partial charge < -0.3 is 16.4 Å². The highest BCUT2D eigenvalue weighted by Crippen LogP contribution is 2.25. The molecule has 1 aromatic carbocycles. The molecule has 10 nitrogen and oxygen atoms in total. The molecule has 2 heterocycles. The Morgan fingerprint density at radius 1 is 1.13 bits per heavy atom. The molecule has 4 rings (SSSR count). The summed E-state index contributed by atoms with van der Waals surface area (Å²) in [6.45, 7) is 0. The molecule has 1 saturated carbocycles. The quantitative estimate of drug-likeness (QED) is 0.540. The van der Waals surface area contributed by atoms with Crippen LogP contribution in [-0.2, 0) is 10.0 Å². The van der Waals surface area contributed by atoms with Crippen LogP contribution in [0.3, 0.4) is 0 Å². The molecule has 0 atom stereocenters. The summed E-state index contributed by atoms with van der Waals surface area (Å²) in [5.74, 6) is 1.86. The Morgan fingerprint density at radius 3 is 2.50 bits per heavy atom. The van der Waals surface area contributed by atoms with Crippen LogP contribution in [0.2, 0.25) is 0 Å². The van der Waals surface area contributed by atoms with Gasteiger partial charge in [-0.25, -0.2) is 12.7 Å². The van der Waals surface area contributed by atoms with Crippen molar-refractivity contribution in [3.05, 3.63) is 36.7 Å². The normalized spacial score (nSPS) is 19.9. The minimum absolute atomic E-state index is 0.233. The molecular weight excluding hydrogens is 404 g/mol. The summed E-state index contributed by atoms with van der Waals surface area (Å²) in [4.78, 5) is 8.98. The second kappa shape index (κ2) is 8.17. The lowest BCUT2D eigenvalue weighted by molar-refractivity contribution is 0.410. The third kappa shape index (κ3) is 4.23. The summed E-state index contributed by atoms with van der Waals surface area (Å²) in [6.07, 6.45) is 5.45. The predicted octanol–water partition coefficient (Wildman–Crippen LogP) is 1.80. The summed E-state index contributed by atoms with van der Waals surface area (Å²) >= 11 is 0. The van der Waals surface area contributed by atoms with Crippen LogP contribution >= 0.6 is 0 Å². The van der Waals surface area contributed by atoms with Gasteiger partial charge in [0.1, 0.15) is 18.0 Å². The van der Waals surface area contributed by atoms with Gasteiger partial charge in [-0.2, -0.15) is 19.6 Å². The highest BCUT2D eigenvalue weighted by molar-refractivity contribution is 7.89. The number of nitrogens with two attached hydrogens (primary N) is 1. The Kier molecular flexibility index (Phi) is 5.58. The van der Waals surface area contributed by atoms with Gasteiger partial charge in [0.15, 0.2) is 0 Å². The smallest absolute Gasteiger partial charge is 0.256 e. The van der Waals surface area contributed by atoms with Crippen LogP contribution in [0.1, 0.15) is 25.7 Å². The summed E-state index contributed by atoms with van der Waals surface area (Å²) in [7, 11) is -0.453. The number of benzene rings is 1. The summed E-state index contributed by atoms with van der Waals surface area (Å²) in [5, 5.41) is 11.0. The van der Waals surface area contributed by atoms with Crippen molar-refractivity contribution in [3.8, 4) is 0 Å². The predicted molar refractivity (Wildman–Crippen MR) is 115 cm³/mol. The van der Waals surface area contributed by atoms with Crippen LogP contribution in [0, 0.1) is 0 Å². The summed E-state index contributed by atoms with van der Waals surface area (Å²) in [6, 6.07) is 9.06. The Morgan fingerprint density at radius 2 is 1.83 bits per heavy atom. The Balaban J connectivity index is 1.57. The Hall–Kier alpha value is -2.76. The van der Waals surface area contributed by atoms with Gasteiger partial charge in [0.25, 0.3) is 5.78 Å². The van der Waals surface area contributed by atoms with Gasteiger partial charge in [-0.05, 0) is 49.9 Å². The van der Waals surface area contributed by atoms with E-state index in [1.807, 2.05) is 6.07 Å². The number of rotatable bonds is 6. The Bertz CT molecular complexity index is 1120. The number of sulfonamides is 1. The van der Waals surface area contributed by atoms with Crippen molar-refractivity contribution in [2.24, 2.45) is 5.73 Å². The fraction of sp³-hybridized carbons (Fsp3) is 0.421. The van der Waals surface area contributed by atoms with Crippen molar-refractivity contribution in [2.45, 2.75) is 42.7 Å². The zero-order valence-electron chi connectivity index (χ0n) is 17.0. The van der Waals surface area contributed by atoms with Crippen LogP contribution in [-0.4, -0.2) is 58.5 Å². The molecule has 0 saturated heterocycles. The van der Waals surface area contributed by atoms with Crippen molar-refractivity contribution < 1.29 is 8.42 Å². The van der Waals surface area contributed by atoms with E-state index < -0.39 is 10.0 Å². The number of hydrogen-bond acceptors (Lipinski definition) is 8. The van der Waals surface area contributed by atoms with Crippen molar-refractivity contribution in [2.75, 3.05) is 24.7 Å². The van der Waals surface area contributed by atoms with Gasteiger partial charge in [-0.3, -0.25) is 0 Å². The molecule has 0 spiro atoms. The third-order valence-electron chi connectivity index (χ3n) is 5.28. The van der Waals surface area contributed by atoms with Gasteiger partial charge in [0.05, 0.1) is 4.90 Å². The van der Waals surface area contributed by atoms with Gasteiger partial charge in [0.2, 0.25) is 10.0 Å². The highest BCUT2D eigenvalue weighted by atomic mass is 32.2. The fourth-order valence-electron chi connectivity index (χ4n) is 3.52. The van der Waals surface area contributed by atoms with Crippen LogP contribution in [0.4, 0.5) is 17.3 Å². The second-order valence-electron chi connectivity index (χ2n) is 7.69. The molecule has 1 fully saturated rings. The lowest BCUT2D eigenvalue weighted by atomic mass is 9.92. The van der Waals surface area contributed by atoms with Gasteiger partial charge in [-0.15, -0.1) is 0 Å². The van der Waals surface area contributed by atoms with E-state index in [2.05, 4.69) is 25.7 Å². The molecule has 0 amide bonds. The van der Waals surface area contributed by atoms with Crippen molar-refractivity contribution >= 4 is 33.1 Å². The summed E-state index contributed by atoms with van der Waals surface area (Å²) < 4.78 is 27.3. The molecule has 3 aromatic rings. The van der Waals surface area contributed by atoms with E-state index in [1.165, 1.54) is 24.7 Å². The molecular formula is C19H26N8O2S. The second-order valence-corrected chi connectivity index (χ2v) is 9.84. The maximum absolute atomic E-state index is 12.3. The topological polar surface area (TPSA) is 131 Å². The number of anilines is 3. The average Bonchev–Trinajstić information content (AvgIpc) is 3.19. The minimum atomic E-state index is -3.47. The van der Waals surface area contributed by atoms with Gasteiger partial charge in [0, 0.05) is 37.9 Å². The van der Waals surface area contributed by atoms with Gasteiger partial charge >= 0.3 is 0 Å². The molecule has 160 valence electrons. The van der Waals surface area contributed by atoms with Crippen LogP contribution < -0.4 is 16.4 Å². The maximum Gasteiger partial charge on any atom is 0.256 e. The van der Waals surface area contributed by atoms with Crippen LogP contribution in [0.25, 0.3) is 5.78 Å². The van der Waals surface area contributed by atoms with E-state index >= 15 is 0 Å². The SMILES string of the molecule is CN(C)S(=O)(=O)c1ccc(Nc2cc(N[C@H]3CC[C@H](N)CC3)nc3ncnn23)cc1. The zero-order chi connectivity index (χ0) is 21.3. The molecule has 4 N–H and O–H groups in total. The number of hydrogen-bond donors (Lipinski definition) is 3. The van der Waals surface area contributed by atoms with Crippen LogP contribution in [0.5, 0.6) is 0 Å². The number of aromatic nitrogens is 4. The van der Waals surface area contributed by atoms with E-state index in [1.54, 1.807) is 28.8 Å². The van der Waals surface area contributed by atoms with E-state index in [4.69, 9.17) is 5.73 Å². The first-order valence-electron chi connectivity index (χ1n) is 9.85. The minimum Gasteiger partial charge on any atom is -0.367 e. The van der Waals surface area contributed by atoms with Crippen molar-refractivity contribution in [1.29, 1.82) is 0 Å². The molecule has 1 aliphatic carbocycles. The molecule has 0 unspecified atom stereocenters. The highest BCUT2D eigenvalue weighted by Gasteiger charge is 2.20. The first-order valence-corrected chi connectivity index (χ1v) is 11.3. The third-order valence-corrected chi connectivity index (χ3v) is 7.11. The van der Waals surface area contributed by atoms with E-state index in [-0.39, 0.29) is 10.9 Å². The van der Waals surface area contributed by atoms with Crippen molar-refractivity contribution in [1.82, 2.24) is 23.9 Å². The number of nitrogens with zero attached hydrogens (tertiary/aromatic N) is 5. The van der Waals surface area contributed by atoms with E-state index in [0.717, 1.165) is 31.4 Å². The lowest BCUT2D eigenvalue weighted by Gasteiger charge is -2.27. The average molecular weight is 431 g/mol. The fourth-order valence-corrected chi connectivity index (χ4v) is 4.42. The van der Waals surface area contributed by atoms with Gasteiger partial charge in [-0.1, -0.05) is 0 Å². The van der Waals surface area contributed by atoms with E-state index in [9.17, 15) is 8.42 Å². The molecule has 1 aliphatic rings.